The summed E-state index contributed by atoms with van der Waals surface area (Å²) in [5.74, 6) is -1.59. The molecule has 2 unspecified atom stereocenters. The summed E-state index contributed by atoms with van der Waals surface area (Å²) < 4.78 is 55.0. The number of hydrogen-bond donors (Lipinski definition) is 0. The van der Waals surface area contributed by atoms with Gasteiger partial charge in [-0.1, -0.05) is 69.0 Å². The van der Waals surface area contributed by atoms with Crippen LogP contribution in [-0.4, -0.2) is 19.3 Å². The molecule has 1 aliphatic rings. The molecule has 210 valence electrons. The van der Waals surface area contributed by atoms with Gasteiger partial charge in [0.05, 0.1) is 12.7 Å². The van der Waals surface area contributed by atoms with Gasteiger partial charge in [0.2, 0.25) is 5.82 Å². The van der Waals surface area contributed by atoms with E-state index < -0.39 is 11.6 Å². The van der Waals surface area contributed by atoms with E-state index in [0.29, 0.717) is 17.6 Å². The average Bonchev–Trinajstić information content (AvgIpc) is 2.95. The lowest BCUT2D eigenvalue weighted by atomic mass is 9.91. The molecule has 4 rings (SSSR count). The highest BCUT2D eigenvalue weighted by Gasteiger charge is 2.21. The van der Waals surface area contributed by atoms with Crippen molar-refractivity contribution in [2.45, 2.75) is 84.2 Å². The Morgan fingerprint density at radius 1 is 0.769 bits per heavy atom. The molecule has 1 heterocycles. The Balaban J connectivity index is 1.27. The number of ether oxygens (including phenoxy) is 2. The van der Waals surface area contributed by atoms with Gasteiger partial charge in [-0.05, 0) is 91.8 Å². The fourth-order valence-electron chi connectivity index (χ4n) is 5.48. The normalized spacial score (nSPS) is 17.4. The van der Waals surface area contributed by atoms with E-state index in [1.165, 1.54) is 50.7 Å². The van der Waals surface area contributed by atoms with Crippen molar-refractivity contribution in [2.24, 2.45) is 5.92 Å². The molecule has 3 aromatic carbocycles. The van der Waals surface area contributed by atoms with Crippen LogP contribution in [0, 0.1) is 23.4 Å². The standard InChI is InChI=1S/C34H41F3O2/c1-3-5-6-11-29-19-12-24(23-39-29)9-7-8-10-27-17-18-28(22-31(27)35)25-13-15-26(16-14-25)30-20-21-32(38-4-2)34(37)33(30)36/h13-18,20-22,24,29H,3-12,19,23H2,1-2H3. The van der Waals surface area contributed by atoms with E-state index in [4.69, 9.17) is 9.47 Å². The van der Waals surface area contributed by atoms with Crippen molar-refractivity contribution in [3.63, 3.8) is 0 Å². The van der Waals surface area contributed by atoms with Gasteiger partial charge in [0.1, 0.15) is 5.82 Å². The Morgan fingerprint density at radius 2 is 1.51 bits per heavy atom. The summed E-state index contributed by atoms with van der Waals surface area (Å²) >= 11 is 0. The van der Waals surface area contributed by atoms with Crippen LogP contribution in [0.3, 0.4) is 0 Å². The lowest BCUT2D eigenvalue weighted by Gasteiger charge is -2.29. The van der Waals surface area contributed by atoms with E-state index in [-0.39, 0.29) is 23.7 Å². The minimum atomic E-state index is -0.991. The van der Waals surface area contributed by atoms with Crippen LogP contribution in [0.1, 0.15) is 77.2 Å². The first-order chi connectivity index (χ1) is 19.0. The Bertz CT molecular complexity index is 1180. The third-order valence-corrected chi connectivity index (χ3v) is 7.83. The summed E-state index contributed by atoms with van der Waals surface area (Å²) in [6.07, 6.45) is 11.8. The molecule has 0 spiro atoms. The SMILES string of the molecule is CCCCCC1CCC(CCCCc2ccc(-c3ccc(-c4ccc(OCC)c(F)c4F)cc3)cc2F)CO1. The van der Waals surface area contributed by atoms with Crippen LogP contribution in [0.5, 0.6) is 5.75 Å². The molecule has 2 nitrogen and oxygen atoms in total. The highest BCUT2D eigenvalue weighted by molar-refractivity contribution is 5.71. The van der Waals surface area contributed by atoms with Gasteiger partial charge in [0, 0.05) is 12.2 Å². The smallest absolute Gasteiger partial charge is 0.201 e. The topological polar surface area (TPSA) is 18.5 Å². The van der Waals surface area contributed by atoms with Crippen molar-refractivity contribution < 1.29 is 22.6 Å². The van der Waals surface area contributed by atoms with E-state index in [2.05, 4.69) is 6.92 Å². The van der Waals surface area contributed by atoms with Crippen molar-refractivity contribution in [1.82, 2.24) is 0 Å². The molecule has 0 aromatic heterocycles. The van der Waals surface area contributed by atoms with Gasteiger partial charge in [-0.2, -0.15) is 4.39 Å². The predicted molar refractivity (Wildman–Crippen MR) is 153 cm³/mol. The molecule has 0 bridgehead atoms. The zero-order valence-electron chi connectivity index (χ0n) is 23.3. The number of benzene rings is 3. The Hall–Kier alpha value is -2.79. The van der Waals surface area contributed by atoms with Gasteiger partial charge in [-0.3, -0.25) is 0 Å². The van der Waals surface area contributed by atoms with Gasteiger partial charge in [-0.25, -0.2) is 8.78 Å². The maximum atomic E-state index is 14.9. The highest BCUT2D eigenvalue weighted by atomic mass is 19.2. The van der Waals surface area contributed by atoms with Crippen molar-refractivity contribution in [1.29, 1.82) is 0 Å². The molecular formula is C34H41F3O2. The van der Waals surface area contributed by atoms with Crippen LogP contribution in [0.2, 0.25) is 0 Å². The van der Waals surface area contributed by atoms with Gasteiger partial charge in [0.25, 0.3) is 0 Å². The molecule has 0 radical (unpaired) electrons. The minimum absolute atomic E-state index is 0.0970. The molecule has 39 heavy (non-hydrogen) atoms. The Morgan fingerprint density at radius 3 is 2.21 bits per heavy atom. The number of aryl methyl sites for hydroxylation is 1. The molecule has 2 atom stereocenters. The second kappa shape index (κ2) is 14.6. The number of unbranched alkanes of at least 4 members (excludes halogenated alkanes) is 3. The lowest BCUT2D eigenvalue weighted by Crippen LogP contribution is -2.25. The summed E-state index contributed by atoms with van der Waals surface area (Å²) in [4.78, 5) is 0. The van der Waals surface area contributed by atoms with Gasteiger partial charge >= 0.3 is 0 Å². The number of hydrogen-bond acceptors (Lipinski definition) is 2. The predicted octanol–water partition coefficient (Wildman–Crippen LogP) is 9.92. The van der Waals surface area contributed by atoms with E-state index >= 15 is 0 Å². The molecule has 1 aliphatic heterocycles. The maximum Gasteiger partial charge on any atom is 0.201 e. The molecule has 0 aliphatic carbocycles. The van der Waals surface area contributed by atoms with Gasteiger partial charge in [0.15, 0.2) is 11.6 Å². The number of halogens is 3. The lowest BCUT2D eigenvalue weighted by molar-refractivity contribution is -0.0232. The first-order valence-corrected chi connectivity index (χ1v) is 14.6. The summed E-state index contributed by atoms with van der Waals surface area (Å²) in [6, 6.07) is 15.4. The first-order valence-electron chi connectivity index (χ1n) is 14.6. The van der Waals surface area contributed by atoms with E-state index in [0.717, 1.165) is 49.0 Å². The van der Waals surface area contributed by atoms with Crippen LogP contribution in [0.15, 0.2) is 54.6 Å². The van der Waals surface area contributed by atoms with Gasteiger partial charge in [-0.15, -0.1) is 0 Å². The maximum absolute atomic E-state index is 14.9. The molecule has 5 heteroatoms. The monoisotopic (exact) mass is 538 g/mol. The fourth-order valence-corrected chi connectivity index (χ4v) is 5.48. The Labute approximate surface area is 231 Å². The van der Waals surface area contributed by atoms with Crippen LogP contribution >= 0.6 is 0 Å². The van der Waals surface area contributed by atoms with E-state index in [9.17, 15) is 13.2 Å². The average molecular weight is 539 g/mol. The van der Waals surface area contributed by atoms with Crippen LogP contribution in [0.25, 0.3) is 22.3 Å². The van der Waals surface area contributed by atoms with Crippen molar-refractivity contribution in [2.75, 3.05) is 13.2 Å². The summed E-state index contributed by atoms with van der Waals surface area (Å²) in [5, 5.41) is 0. The van der Waals surface area contributed by atoms with Crippen LogP contribution < -0.4 is 4.74 Å². The molecule has 0 amide bonds. The third kappa shape index (κ3) is 7.88. The molecule has 0 N–H and O–H groups in total. The quantitative estimate of drug-likeness (QED) is 0.202. The minimum Gasteiger partial charge on any atom is -0.491 e. The summed E-state index contributed by atoms with van der Waals surface area (Å²) in [5.41, 5.74) is 3.02. The van der Waals surface area contributed by atoms with E-state index in [1.54, 1.807) is 37.3 Å². The summed E-state index contributed by atoms with van der Waals surface area (Å²) in [7, 11) is 0. The molecule has 3 aromatic rings. The first kappa shape index (κ1) is 29.2. The Kier molecular flexibility index (Phi) is 10.9. The van der Waals surface area contributed by atoms with Gasteiger partial charge < -0.3 is 9.47 Å². The zero-order chi connectivity index (χ0) is 27.6. The third-order valence-electron chi connectivity index (χ3n) is 7.83. The zero-order valence-corrected chi connectivity index (χ0v) is 23.3. The summed E-state index contributed by atoms with van der Waals surface area (Å²) in [6.45, 7) is 5.09. The molecule has 0 saturated carbocycles. The van der Waals surface area contributed by atoms with Crippen LogP contribution in [0.4, 0.5) is 13.2 Å². The number of rotatable bonds is 13. The molecule has 1 fully saturated rings. The molecule has 1 saturated heterocycles. The van der Waals surface area contributed by atoms with Crippen molar-refractivity contribution in [3.05, 3.63) is 77.6 Å². The fraction of sp³-hybridized carbons (Fsp3) is 0.471. The highest BCUT2D eigenvalue weighted by Crippen LogP contribution is 2.32. The van der Waals surface area contributed by atoms with Crippen LogP contribution in [-0.2, 0) is 11.2 Å². The largest absolute Gasteiger partial charge is 0.491 e. The van der Waals surface area contributed by atoms with E-state index in [1.807, 2.05) is 12.1 Å². The van der Waals surface area contributed by atoms with Crippen molar-refractivity contribution in [3.8, 4) is 28.0 Å². The second-order valence-corrected chi connectivity index (χ2v) is 10.7. The molecular weight excluding hydrogens is 497 g/mol. The van der Waals surface area contributed by atoms with Crippen molar-refractivity contribution >= 4 is 0 Å². The second-order valence-electron chi connectivity index (χ2n) is 10.7.